The standard InChI is InChI=1S/C24H20ClN3OS2/c1-14(2)15-7-9-16(10-8-15)22(29)28-24(30)26-17-11-12-18(19(25)13-17)23-27-20-5-3-4-6-21(20)31-23/h3-14H,1-2H3,(H2,26,28,29,30). The Morgan fingerprint density at radius 2 is 1.81 bits per heavy atom. The van der Waals surface area contributed by atoms with E-state index >= 15 is 0 Å². The van der Waals surface area contributed by atoms with Crippen molar-refractivity contribution < 1.29 is 4.79 Å². The Morgan fingerprint density at radius 1 is 1.06 bits per heavy atom. The van der Waals surface area contributed by atoms with Gasteiger partial charge in [0.1, 0.15) is 5.01 Å². The number of nitrogens with one attached hydrogen (secondary N) is 2. The van der Waals surface area contributed by atoms with Crippen LogP contribution in [0.3, 0.4) is 0 Å². The first kappa shape index (κ1) is 21.4. The number of thiocarbonyl (C=S) groups is 1. The van der Waals surface area contributed by atoms with E-state index in [1.807, 2.05) is 48.5 Å². The molecule has 0 bridgehead atoms. The Hall–Kier alpha value is -2.80. The second-order valence-electron chi connectivity index (χ2n) is 7.37. The van der Waals surface area contributed by atoms with Crippen molar-refractivity contribution in [3.63, 3.8) is 0 Å². The van der Waals surface area contributed by atoms with Crippen LogP contribution in [0.25, 0.3) is 20.8 Å². The summed E-state index contributed by atoms with van der Waals surface area (Å²) in [6.45, 7) is 4.22. The molecule has 0 radical (unpaired) electrons. The molecule has 1 heterocycles. The summed E-state index contributed by atoms with van der Waals surface area (Å²) in [7, 11) is 0. The molecule has 1 aromatic heterocycles. The van der Waals surface area contributed by atoms with Gasteiger partial charge >= 0.3 is 0 Å². The number of amides is 1. The highest BCUT2D eigenvalue weighted by atomic mass is 35.5. The van der Waals surface area contributed by atoms with Crippen LogP contribution >= 0.6 is 35.2 Å². The zero-order valence-electron chi connectivity index (χ0n) is 17.0. The predicted molar refractivity (Wildman–Crippen MR) is 134 cm³/mol. The summed E-state index contributed by atoms with van der Waals surface area (Å²) in [5, 5.41) is 7.35. The van der Waals surface area contributed by atoms with Gasteiger partial charge in [0, 0.05) is 16.8 Å². The number of fused-ring (bicyclic) bond motifs is 1. The predicted octanol–water partition coefficient (Wildman–Crippen LogP) is 6.87. The molecule has 0 atom stereocenters. The van der Waals surface area contributed by atoms with Crippen LogP contribution in [0.5, 0.6) is 0 Å². The lowest BCUT2D eigenvalue weighted by Gasteiger charge is -2.11. The normalized spacial score (nSPS) is 11.0. The summed E-state index contributed by atoms with van der Waals surface area (Å²) < 4.78 is 1.11. The molecule has 4 aromatic rings. The zero-order valence-corrected chi connectivity index (χ0v) is 19.4. The second kappa shape index (κ2) is 9.14. The molecular formula is C24H20ClN3OS2. The minimum Gasteiger partial charge on any atom is -0.332 e. The molecular weight excluding hydrogens is 446 g/mol. The van der Waals surface area contributed by atoms with Crippen LogP contribution in [-0.2, 0) is 0 Å². The number of carbonyl (C=O) groups excluding carboxylic acids is 1. The number of para-hydroxylation sites is 1. The van der Waals surface area contributed by atoms with E-state index in [4.69, 9.17) is 23.8 Å². The van der Waals surface area contributed by atoms with Gasteiger partial charge in [-0.2, -0.15) is 0 Å². The smallest absolute Gasteiger partial charge is 0.257 e. The van der Waals surface area contributed by atoms with Crippen molar-refractivity contribution in [1.29, 1.82) is 0 Å². The van der Waals surface area contributed by atoms with Gasteiger partial charge in [-0.3, -0.25) is 10.1 Å². The highest BCUT2D eigenvalue weighted by Gasteiger charge is 2.12. The largest absolute Gasteiger partial charge is 0.332 e. The van der Waals surface area contributed by atoms with Gasteiger partial charge in [-0.15, -0.1) is 11.3 Å². The van der Waals surface area contributed by atoms with E-state index in [1.165, 1.54) is 5.56 Å². The van der Waals surface area contributed by atoms with Gasteiger partial charge in [0.25, 0.3) is 5.91 Å². The van der Waals surface area contributed by atoms with Crippen LogP contribution in [0.4, 0.5) is 5.69 Å². The van der Waals surface area contributed by atoms with E-state index in [0.717, 1.165) is 20.8 Å². The summed E-state index contributed by atoms with van der Waals surface area (Å²) in [6, 6.07) is 21.0. The first-order valence-electron chi connectivity index (χ1n) is 9.78. The fraction of sp³-hybridized carbons (Fsp3) is 0.125. The third-order valence-corrected chi connectivity index (χ3v) is 6.40. The average molecular weight is 466 g/mol. The molecule has 0 unspecified atom stereocenters. The monoisotopic (exact) mass is 465 g/mol. The molecule has 4 nitrogen and oxygen atoms in total. The SMILES string of the molecule is CC(C)c1ccc(C(=O)NC(=S)Nc2ccc(-c3nc4ccccc4s3)c(Cl)c2)cc1. The first-order valence-corrected chi connectivity index (χ1v) is 11.4. The highest BCUT2D eigenvalue weighted by molar-refractivity contribution is 7.80. The Bertz CT molecular complexity index is 1230. The van der Waals surface area contributed by atoms with Crippen LogP contribution in [0.15, 0.2) is 66.7 Å². The van der Waals surface area contributed by atoms with Crippen molar-refractivity contribution in [2.45, 2.75) is 19.8 Å². The average Bonchev–Trinajstić information content (AvgIpc) is 3.17. The maximum atomic E-state index is 12.4. The minimum absolute atomic E-state index is 0.210. The van der Waals surface area contributed by atoms with E-state index in [9.17, 15) is 4.79 Å². The Kier molecular flexibility index (Phi) is 6.32. The molecule has 0 saturated heterocycles. The number of carbonyl (C=O) groups is 1. The number of benzene rings is 3. The van der Waals surface area contributed by atoms with Crippen LogP contribution in [-0.4, -0.2) is 16.0 Å². The molecule has 0 spiro atoms. The molecule has 3 aromatic carbocycles. The third kappa shape index (κ3) is 4.93. The van der Waals surface area contributed by atoms with E-state index in [0.29, 0.717) is 22.2 Å². The molecule has 156 valence electrons. The van der Waals surface area contributed by atoms with Crippen molar-refractivity contribution >= 4 is 62.1 Å². The van der Waals surface area contributed by atoms with Crippen molar-refractivity contribution in [2.75, 3.05) is 5.32 Å². The molecule has 7 heteroatoms. The summed E-state index contributed by atoms with van der Waals surface area (Å²) in [5.41, 5.74) is 4.23. The molecule has 2 N–H and O–H groups in total. The van der Waals surface area contributed by atoms with Crippen molar-refractivity contribution in [2.24, 2.45) is 0 Å². The number of thiazole rings is 1. The molecule has 1 amide bonds. The van der Waals surface area contributed by atoms with Crippen molar-refractivity contribution in [3.8, 4) is 10.6 Å². The number of aromatic nitrogens is 1. The van der Waals surface area contributed by atoms with E-state index in [1.54, 1.807) is 29.5 Å². The summed E-state index contributed by atoms with van der Waals surface area (Å²) in [6.07, 6.45) is 0. The van der Waals surface area contributed by atoms with Crippen LogP contribution < -0.4 is 10.6 Å². The van der Waals surface area contributed by atoms with Gasteiger partial charge in [-0.05, 0) is 66.2 Å². The number of hydrogen-bond donors (Lipinski definition) is 2. The fourth-order valence-electron chi connectivity index (χ4n) is 3.11. The minimum atomic E-state index is -0.259. The molecule has 0 fully saturated rings. The number of anilines is 1. The number of hydrogen-bond acceptors (Lipinski definition) is 4. The molecule has 4 rings (SSSR count). The second-order valence-corrected chi connectivity index (χ2v) is 9.21. The molecule has 0 aliphatic heterocycles. The third-order valence-electron chi connectivity index (χ3n) is 4.82. The Balaban J connectivity index is 1.43. The topological polar surface area (TPSA) is 54.0 Å². The van der Waals surface area contributed by atoms with Crippen molar-refractivity contribution in [1.82, 2.24) is 10.3 Å². The lowest BCUT2D eigenvalue weighted by atomic mass is 10.0. The van der Waals surface area contributed by atoms with Gasteiger partial charge in [-0.25, -0.2) is 4.98 Å². The van der Waals surface area contributed by atoms with E-state index in [2.05, 4.69) is 29.5 Å². The lowest BCUT2D eigenvalue weighted by Crippen LogP contribution is -2.34. The highest BCUT2D eigenvalue weighted by Crippen LogP contribution is 2.35. The number of halogens is 1. The van der Waals surface area contributed by atoms with Crippen LogP contribution in [0.1, 0.15) is 35.7 Å². The van der Waals surface area contributed by atoms with Crippen LogP contribution in [0.2, 0.25) is 5.02 Å². The van der Waals surface area contributed by atoms with Crippen LogP contribution in [0, 0.1) is 0 Å². The van der Waals surface area contributed by atoms with Gasteiger partial charge in [0.2, 0.25) is 0 Å². The molecule has 31 heavy (non-hydrogen) atoms. The first-order chi connectivity index (χ1) is 14.9. The summed E-state index contributed by atoms with van der Waals surface area (Å²) in [4.78, 5) is 17.1. The van der Waals surface area contributed by atoms with Crippen molar-refractivity contribution in [3.05, 3.63) is 82.9 Å². The fourth-order valence-corrected chi connectivity index (χ4v) is 4.65. The number of rotatable bonds is 4. The maximum absolute atomic E-state index is 12.4. The quantitative estimate of drug-likeness (QED) is 0.323. The summed E-state index contributed by atoms with van der Waals surface area (Å²) >= 11 is 13.4. The number of nitrogens with zero attached hydrogens (tertiary/aromatic N) is 1. The van der Waals surface area contributed by atoms with Gasteiger partial charge in [-0.1, -0.05) is 49.7 Å². The Morgan fingerprint density at radius 3 is 2.48 bits per heavy atom. The lowest BCUT2D eigenvalue weighted by molar-refractivity contribution is 0.0977. The van der Waals surface area contributed by atoms with E-state index < -0.39 is 0 Å². The van der Waals surface area contributed by atoms with E-state index in [-0.39, 0.29) is 11.0 Å². The molecule has 0 aliphatic rings. The van der Waals surface area contributed by atoms with Gasteiger partial charge < -0.3 is 5.32 Å². The van der Waals surface area contributed by atoms with Gasteiger partial charge in [0.05, 0.1) is 15.2 Å². The Labute approximate surface area is 195 Å². The molecule has 0 saturated carbocycles. The summed E-state index contributed by atoms with van der Waals surface area (Å²) in [5.74, 6) is 0.153. The van der Waals surface area contributed by atoms with Gasteiger partial charge in [0.15, 0.2) is 5.11 Å². The zero-order chi connectivity index (χ0) is 22.0. The maximum Gasteiger partial charge on any atom is 0.257 e. The molecule has 0 aliphatic carbocycles.